The summed E-state index contributed by atoms with van der Waals surface area (Å²) in [5.74, 6) is 1.18. The highest BCUT2D eigenvalue weighted by Crippen LogP contribution is 2.22. The van der Waals surface area contributed by atoms with Crippen molar-refractivity contribution in [1.29, 1.82) is 0 Å². The highest BCUT2D eigenvalue weighted by atomic mass is 35.5. The Balaban J connectivity index is 0.00000162. The Morgan fingerprint density at radius 3 is 2.83 bits per heavy atom. The van der Waals surface area contributed by atoms with Crippen molar-refractivity contribution < 1.29 is 9.47 Å². The van der Waals surface area contributed by atoms with E-state index in [0.717, 1.165) is 19.5 Å². The predicted molar refractivity (Wildman–Crippen MR) is 74.1 cm³/mol. The van der Waals surface area contributed by atoms with Crippen LogP contribution in [0.25, 0.3) is 0 Å². The molecule has 7 heteroatoms. The average molecular weight is 292 g/mol. The molecule has 5 nitrogen and oxygen atoms in total. The first-order chi connectivity index (χ1) is 8.31. The van der Waals surface area contributed by atoms with Crippen molar-refractivity contribution in [3.63, 3.8) is 0 Å². The summed E-state index contributed by atoms with van der Waals surface area (Å²) < 4.78 is 11.2. The quantitative estimate of drug-likeness (QED) is 0.659. The van der Waals surface area contributed by atoms with Crippen LogP contribution in [0.3, 0.4) is 0 Å². The maximum Gasteiger partial charge on any atom is 0.221 e. The zero-order valence-electron chi connectivity index (χ0n) is 10.5. The molecule has 0 radical (unpaired) electrons. The van der Waals surface area contributed by atoms with Crippen molar-refractivity contribution in [3.05, 3.63) is 6.07 Å². The van der Waals surface area contributed by atoms with Crippen LogP contribution in [0.5, 0.6) is 11.8 Å². The van der Waals surface area contributed by atoms with E-state index >= 15 is 0 Å². The van der Waals surface area contributed by atoms with Gasteiger partial charge in [-0.3, -0.25) is 0 Å². The molecule has 1 N–H and O–H groups in total. The number of nitrogens with one attached hydrogen (secondary N) is 1. The smallest absolute Gasteiger partial charge is 0.221 e. The van der Waals surface area contributed by atoms with Gasteiger partial charge in [0.05, 0.1) is 12.7 Å². The molecule has 1 aromatic heterocycles. The molecule has 1 saturated heterocycles. The topological polar surface area (TPSA) is 56.3 Å². The molecule has 0 spiro atoms. The maximum absolute atomic E-state index is 5.80. The highest BCUT2D eigenvalue weighted by molar-refractivity contribution is 7.98. The molecule has 0 aromatic carbocycles. The van der Waals surface area contributed by atoms with Crippen LogP contribution in [0.2, 0.25) is 0 Å². The van der Waals surface area contributed by atoms with Crippen LogP contribution in [-0.2, 0) is 0 Å². The van der Waals surface area contributed by atoms with Gasteiger partial charge in [0.15, 0.2) is 5.16 Å². The second-order valence-corrected chi connectivity index (χ2v) is 4.47. The lowest BCUT2D eigenvalue weighted by molar-refractivity contribution is 0.209. The zero-order valence-corrected chi connectivity index (χ0v) is 12.1. The van der Waals surface area contributed by atoms with Crippen LogP contribution in [0, 0.1) is 0 Å². The minimum absolute atomic E-state index is 0. The number of nitrogens with zero attached hydrogens (tertiary/aromatic N) is 2. The fourth-order valence-corrected chi connectivity index (χ4v) is 2.02. The number of hydrogen-bond donors (Lipinski definition) is 1. The van der Waals surface area contributed by atoms with Crippen LogP contribution in [-0.4, -0.2) is 42.0 Å². The first kappa shape index (κ1) is 15.3. The van der Waals surface area contributed by atoms with Crippen LogP contribution in [0.1, 0.15) is 13.3 Å². The van der Waals surface area contributed by atoms with Gasteiger partial charge in [-0.15, -0.1) is 12.4 Å². The Morgan fingerprint density at radius 2 is 2.22 bits per heavy atom. The molecule has 1 fully saturated rings. The lowest BCUT2D eigenvalue weighted by atomic mass is 10.3. The van der Waals surface area contributed by atoms with Gasteiger partial charge in [0.25, 0.3) is 0 Å². The van der Waals surface area contributed by atoms with E-state index in [1.165, 1.54) is 11.8 Å². The second-order valence-electron chi connectivity index (χ2n) is 3.70. The van der Waals surface area contributed by atoms with E-state index in [4.69, 9.17) is 9.47 Å². The molecular formula is C11H18ClN3O2S. The average Bonchev–Trinajstić information content (AvgIpc) is 2.82. The number of aromatic nitrogens is 2. The summed E-state index contributed by atoms with van der Waals surface area (Å²) in [6.45, 7) is 4.41. The molecule has 1 aliphatic rings. The molecule has 1 aromatic rings. The normalized spacial score (nSPS) is 18.2. The molecule has 1 aliphatic heterocycles. The first-order valence-electron chi connectivity index (χ1n) is 5.75. The monoisotopic (exact) mass is 291 g/mol. The van der Waals surface area contributed by atoms with Gasteiger partial charge >= 0.3 is 0 Å². The fraction of sp³-hybridized carbons (Fsp3) is 0.636. The van der Waals surface area contributed by atoms with Gasteiger partial charge in [0, 0.05) is 6.54 Å². The molecule has 2 rings (SSSR count). The van der Waals surface area contributed by atoms with E-state index in [1.54, 1.807) is 6.07 Å². The Morgan fingerprint density at radius 1 is 1.44 bits per heavy atom. The zero-order chi connectivity index (χ0) is 12.1. The molecule has 0 saturated carbocycles. The number of halogens is 1. The highest BCUT2D eigenvalue weighted by Gasteiger charge is 2.17. The number of hydrogen-bond acceptors (Lipinski definition) is 6. The fourth-order valence-electron chi connectivity index (χ4n) is 1.66. The maximum atomic E-state index is 5.80. The molecule has 0 unspecified atom stereocenters. The number of thioether (sulfide) groups is 1. The van der Waals surface area contributed by atoms with Crippen LogP contribution < -0.4 is 14.8 Å². The van der Waals surface area contributed by atoms with E-state index in [-0.39, 0.29) is 18.5 Å². The van der Waals surface area contributed by atoms with Gasteiger partial charge in [-0.25, -0.2) is 0 Å². The molecule has 0 aliphatic carbocycles. The van der Waals surface area contributed by atoms with Crippen molar-refractivity contribution in [3.8, 4) is 11.8 Å². The summed E-state index contributed by atoms with van der Waals surface area (Å²) in [4.78, 5) is 8.57. The molecule has 2 heterocycles. The van der Waals surface area contributed by atoms with Crippen molar-refractivity contribution in [2.45, 2.75) is 24.6 Å². The van der Waals surface area contributed by atoms with E-state index in [9.17, 15) is 0 Å². The van der Waals surface area contributed by atoms with E-state index < -0.39 is 0 Å². The van der Waals surface area contributed by atoms with Crippen LogP contribution >= 0.6 is 24.2 Å². The summed E-state index contributed by atoms with van der Waals surface area (Å²) in [5.41, 5.74) is 0. The lowest BCUT2D eigenvalue weighted by Crippen LogP contribution is -2.20. The van der Waals surface area contributed by atoms with Crippen molar-refractivity contribution in [2.75, 3.05) is 26.0 Å². The number of rotatable bonds is 5. The summed E-state index contributed by atoms with van der Waals surface area (Å²) in [6.07, 6.45) is 3.16. The van der Waals surface area contributed by atoms with Crippen molar-refractivity contribution in [1.82, 2.24) is 15.3 Å². The van der Waals surface area contributed by atoms with Crippen molar-refractivity contribution >= 4 is 24.2 Å². The minimum atomic E-state index is 0. The summed E-state index contributed by atoms with van der Waals surface area (Å²) in [7, 11) is 0. The molecule has 18 heavy (non-hydrogen) atoms. The molecule has 0 amide bonds. The lowest BCUT2D eigenvalue weighted by Gasteiger charge is -2.12. The van der Waals surface area contributed by atoms with Gasteiger partial charge in [-0.2, -0.15) is 9.97 Å². The Labute approximate surface area is 117 Å². The first-order valence-corrected chi connectivity index (χ1v) is 6.97. The van der Waals surface area contributed by atoms with E-state index in [2.05, 4.69) is 15.3 Å². The third-order valence-electron chi connectivity index (χ3n) is 2.44. The van der Waals surface area contributed by atoms with Crippen LogP contribution in [0.4, 0.5) is 0 Å². The summed E-state index contributed by atoms with van der Waals surface area (Å²) in [5, 5.41) is 3.93. The van der Waals surface area contributed by atoms with Gasteiger partial charge in [-0.1, -0.05) is 11.8 Å². The van der Waals surface area contributed by atoms with E-state index in [1.807, 2.05) is 13.2 Å². The third kappa shape index (κ3) is 4.19. The standard InChI is InChI=1S/C11H17N3O2S.ClH/c1-3-15-9-6-10(14-11(13-9)17-2)16-8-4-5-12-7-8;/h6,8,12H,3-5,7H2,1-2H3;1H/t8-;/m1./s1. The second kappa shape index (κ2) is 7.66. The summed E-state index contributed by atoms with van der Waals surface area (Å²) in [6, 6.07) is 1.75. The molecule has 1 atom stereocenters. The van der Waals surface area contributed by atoms with Crippen LogP contribution in [0.15, 0.2) is 11.2 Å². The van der Waals surface area contributed by atoms with Gasteiger partial charge in [-0.05, 0) is 26.1 Å². The Hall–Kier alpha value is -0.720. The molecule has 0 bridgehead atoms. The van der Waals surface area contributed by atoms with Gasteiger partial charge in [0.2, 0.25) is 11.8 Å². The third-order valence-corrected chi connectivity index (χ3v) is 2.98. The Kier molecular flexibility index (Phi) is 6.52. The van der Waals surface area contributed by atoms with Crippen molar-refractivity contribution in [2.24, 2.45) is 0 Å². The minimum Gasteiger partial charge on any atom is -0.478 e. The number of ether oxygens (including phenoxy) is 2. The summed E-state index contributed by atoms with van der Waals surface area (Å²) >= 11 is 1.48. The molecular weight excluding hydrogens is 274 g/mol. The predicted octanol–water partition coefficient (Wildman–Crippen LogP) is 1.76. The van der Waals surface area contributed by atoms with Gasteiger partial charge in [0.1, 0.15) is 6.10 Å². The largest absolute Gasteiger partial charge is 0.478 e. The molecule has 102 valence electrons. The van der Waals surface area contributed by atoms with Gasteiger partial charge < -0.3 is 14.8 Å². The Bertz CT molecular complexity index is 375. The SMILES string of the molecule is CCOc1cc(O[C@@H]2CCNC2)nc(SC)n1.Cl. The van der Waals surface area contributed by atoms with E-state index in [0.29, 0.717) is 23.5 Å².